The molecule has 3 heterocycles. The quantitative estimate of drug-likeness (QED) is 0.240. The summed E-state index contributed by atoms with van der Waals surface area (Å²) in [6.45, 7) is 2.24. The molecule has 11 heteroatoms. The summed E-state index contributed by atoms with van der Waals surface area (Å²) in [4.78, 5) is 50.7. The molecule has 3 N–H and O–H groups in total. The number of anilines is 1. The van der Waals surface area contributed by atoms with Crippen LogP contribution in [0, 0.1) is 5.82 Å². The largest absolute Gasteiger partial charge is 0.465 e. The SMILES string of the molecule is CCOC(=O)c1[nH]c([C@@H]2CCCCN2C(=O)O)nc1-c1ccc(C(=O)Nc2cc(-c3ccc(F)cc3)ccn2)cc1. The molecule has 0 saturated carbocycles. The number of esters is 1. The molecule has 210 valence electrons. The maximum Gasteiger partial charge on any atom is 0.407 e. The number of rotatable bonds is 7. The number of carboxylic acid groups (broad SMARTS) is 1. The Morgan fingerprint density at radius 3 is 2.49 bits per heavy atom. The number of hydrogen-bond acceptors (Lipinski definition) is 6. The van der Waals surface area contributed by atoms with Crippen LogP contribution in [0.1, 0.15) is 58.9 Å². The second kappa shape index (κ2) is 12.0. The van der Waals surface area contributed by atoms with Gasteiger partial charge in [-0.15, -0.1) is 0 Å². The molecule has 1 atom stereocenters. The van der Waals surface area contributed by atoms with Gasteiger partial charge >= 0.3 is 12.1 Å². The molecule has 0 aliphatic carbocycles. The molecule has 0 bridgehead atoms. The van der Waals surface area contributed by atoms with Crippen molar-refractivity contribution in [2.45, 2.75) is 32.2 Å². The number of imidazole rings is 1. The zero-order valence-electron chi connectivity index (χ0n) is 22.3. The van der Waals surface area contributed by atoms with Crippen LogP contribution in [0.4, 0.5) is 15.0 Å². The van der Waals surface area contributed by atoms with E-state index in [1.165, 1.54) is 17.0 Å². The van der Waals surface area contributed by atoms with Gasteiger partial charge in [0.25, 0.3) is 5.91 Å². The summed E-state index contributed by atoms with van der Waals surface area (Å²) in [6, 6.07) is 15.5. The number of hydrogen-bond donors (Lipinski definition) is 3. The molecule has 2 aromatic heterocycles. The smallest absolute Gasteiger partial charge is 0.407 e. The Morgan fingerprint density at radius 1 is 1.05 bits per heavy atom. The molecule has 1 aliphatic heterocycles. The van der Waals surface area contributed by atoms with E-state index in [0.717, 1.165) is 24.0 Å². The third-order valence-electron chi connectivity index (χ3n) is 6.87. The summed E-state index contributed by atoms with van der Waals surface area (Å²) in [6.07, 6.45) is 2.69. The van der Waals surface area contributed by atoms with Crippen molar-refractivity contribution < 1.29 is 28.6 Å². The average Bonchev–Trinajstić information content (AvgIpc) is 3.43. The normalized spacial score (nSPS) is 14.9. The Morgan fingerprint density at radius 2 is 1.78 bits per heavy atom. The van der Waals surface area contributed by atoms with Crippen LogP contribution in [0.2, 0.25) is 0 Å². The van der Waals surface area contributed by atoms with Crippen molar-refractivity contribution in [1.82, 2.24) is 19.9 Å². The molecule has 1 saturated heterocycles. The molecular weight excluding hydrogens is 529 g/mol. The first-order chi connectivity index (χ1) is 19.8. The first-order valence-electron chi connectivity index (χ1n) is 13.2. The van der Waals surface area contributed by atoms with Gasteiger partial charge in [-0.3, -0.25) is 9.69 Å². The van der Waals surface area contributed by atoms with Crippen LogP contribution in [-0.4, -0.2) is 56.1 Å². The number of aromatic nitrogens is 3. The van der Waals surface area contributed by atoms with E-state index in [4.69, 9.17) is 4.74 Å². The lowest BCUT2D eigenvalue weighted by Gasteiger charge is -2.32. The van der Waals surface area contributed by atoms with E-state index in [1.54, 1.807) is 61.7 Å². The summed E-state index contributed by atoms with van der Waals surface area (Å²) in [5.74, 6) is -0.630. The number of amides is 2. The van der Waals surface area contributed by atoms with Crippen LogP contribution in [0.25, 0.3) is 22.4 Å². The number of piperidine rings is 1. The highest BCUT2D eigenvalue weighted by Gasteiger charge is 2.32. The molecule has 5 rings (SSSR count). The van der Waals surface area contributed by atoms with Gasteiger partial charge < -0.3 is 20.1 Å². The minimum Gasteiger partial charge on any atom is -0.465 e. The Hall–Kier alpha value is -5.06. The second-order valence-electron chi connectivity index (χ2n) is 9.52. The first-order valence-corrected chi connectivity index (χ1v) is 13.2. The standard InChI is InChI=1S/C30H28FN5O5/c1-2-41-29(38)26-25(34-27(35-26)23-5-3-4-16-36(23)30(39)40)19-6-8-20(9-7-19)28(37)33-24-17-21(14-15-32-24)18-10-12-22(31)13-11-18/h6-15,17,23H,2-5,16H2,1H3,(H,34,35)(H,39,40)(H,32,33,37)/t23-/m0/s1. The van der Waals surface area contributed by atoms with Gasteiger partial charge in [0, 0.05) is 23.9 Å². The number of nitrogens with one attached hydrogen (secondary N) is 2. The maximum atomic E-state index is 13.3. The number of nitrogens with zero attached hydrogens (tertiary/aromatic N) is 3. The van der Waals surface area contributed by atoms with Crippen molar-refractivity contribution in [2.24, 2.45) is 0 Å². The minimum absolute atomic E-state index is 0.122. The van der Waals surface area contributed by atoms with E-state index in [9.17, 15) is 23.9 Å². The Labute approximate surface area is 235 Å². The average molecular weight is 558 g/mol. The van der Waals surface area contributed by atoms with Crippen molar-refractivity contribution in [3.8, 4) is 22.4 Å². The molecule has 10 nitrogen and oxygen atoms in total. The molecule has 1 aliphatic rings. The second-order valence-corrected chi connectivity index (χ2v) is 9.52. The Balaban J connectivity index is 1.38. The number of likely N-dealkylation sites (tertiary alicyclic amines) is 1. The zero-order chi connectivity index (χ0) is 28.9. The lowest BCUT2D eigenvalue weighted by Crippen LogP contribution is -2.38. The summed E-state index contributed by atoms with van der Waals surface area (Å²) in [7, 11) is 0. The molecule has 0 spiro atoms. The Bertz CT molecular complexity index is 1570. The van der Waals surface area contributed by atoms with E-state index >= 15 is 0 Å². The summed E-state index contributed by atoms with van der Waals surface area (Å²) in [5.41, 5.74) is 2.89. The molecular formula is C30H28FN5O5. The molecule has 0 radical (unpaired) electrons. The topological polar surface area (TPSA) is 138 Å². The van der Waals surface area contributed by atoms with Crippen molar-refractivity contribution in [1.29, 1.82) is 0 Å². The lowest BCUT2D eigenvalue weighted by molar-refractivity contribution is 0.0520. The molecule has 4 aromatic rings. The molecule has 2 amide bonds. The highest BCUT2D eigenvalue weighted by Crippen LogP contribution is 2.33. The van der Waals surface area contributed by atoms with E-state index in [2.05, 4.69) is 20.3 Å². The molecule has 1 fully saturated rings. The van der Waals surface area contributed by atoms with E-state index in [1.807, 2.05) is 0 Å². The van der Waals surface area contributed by atoms with E-state index < -0.39 is 24.0 Å². The van der Waals surface area contributed by atoms with Gasteiger partial charge in [-0.2, -0.15) is 0 Å². The fourth-order valence-electron chi connectivity index (χ4n) is 4.84. The fourth-order valence-corrected chi connectivity index (χ4v) is 4.84. The highest BCUT2D eigenvalue weighted by atomic mass is 19.1. The van der Waals surface area contributed by atoms with Crippen molar-refractivity contribution >= 4 is 23.8 Å². The van der Waals surface area contributed by atoms with Crippen LogP contribution in [-0.2, 0) is 4.74 Å². The predicted octanol–water partition coefficient (Wildman–Crippen LogP) is 5.91. The highest BCUT2D eigenvalue weighted by molar-refractivity contribution is 6.04. The van der Waals surface area contributed by atoms with Crippen LogP contribution < -0.4 is 5.32 Å². The summed E-state index contributed by atoms with van der Waals surface area (Å²) < 4.78 is 18.5. The third-order valence-corrected chi connectivity index (χ3v) is 6.87. The number of H-pyrrole nitrogens is 1. The first kappa shape index (κ1) is 27.5. The monoisotopic (exact) mass is 557 g/mol. The van der Waals surface area contributed by atoms with E-state index in [-0.39, 0.29) is 18.1 Å². The maximum absolute atomic E-state index is 13.3. The van der Waals surface area contributed by atoms with Crippen molar-refractivity contribution in [3.05, 3.63) is 89.8 Å². The summed E-state index contributed by atoms with van der Waals surface area (Å²) >= 11 is 0. The number of carbonyl (C=O) groups is 3. The number of halogens is 1. The number of pyridine rings is 1. The molecule has 0 unspecified atom stereocenters. The van der Waals surface area contributed by atoms with Crippen LogP contribution in [0.5, 0.6) is 0 Å². The van der Waals surface area contributed by atoms with E-state index in [0.29, 0.717) is 41.4 Å². The lowest BCUT2D eigenvalue weighted by atomic mass is 10.0. The summed E-state index contributed by atoms with van der Waals surface area (Å²) in [5, 5.41) is 12.4. The molecule has 2 aromatic carbocycles. The van der Waals surface area contributed by atoms with Crippen molar-refractivity contribution in [2.75, 3.05) is 18.5 Å². The number of benzene rings is 2. The molecule has 41 heavy (non-hydrogen) atoms. The van der Waals surface area contributed by atoms with Gasteiger partial charge in [-0.05, 0) is 73.7 Å². The van der Waals surface area contributed by atoms with Gasteiger partial charge in [0.15, 0.2) is 5.69 Å². The van der Waals surface area contributed by atoms with Crippen LogP contribution in [0.15, 0.2) is 66.9 Å². The zero-order valence-corrected chi connectivity index (χ0v) is 22.3. The number of carbonyl (C=O) groups excluding carboxylic acids is 2. The van der Waals surface area contributed by atoms with Gasteiger partial charge in [-0.25, -0.2) is 23.9 Å². The van der Waals surface area contributed by atoms with Crippen LogP contribution in [0.3, 0.4) is 0 Å². The fraction of sp³-hybridized carbons (Fsp3) is 0.233. The predicted molar refractivity (Wildman–Crippen MR) is 149 cm³/mol. The Kier molecular flexibility index (Phi) is 8.04. The number of ether oxygens (including phenoxy) is 1. The number of aromatic amines is 1. The minimum atomic E-state index is -1.04. The van der Waals surface area contributed by atoms with Gasteiger partial charge in [-0.1, -0.05) is 24.3 Å². The van der Waals surface area contributed by atoms with Crippen LogP contribution >= 0.6 is 0 Å². The van der Waals surface area contributed by atoms with Gasteiger partial charge in [0.05, 0.1) is 12.6 Å². The van der Waals surface area contributed by atoms with Gasteiger partial charge in [0.2, 0.25) is 0 Å². The van der Waals surface area contributed by atoms with Gasteiger partial charge in [0.1, 0.15) is 23.2 Å². The third kappa shape index (κ3) is 6.08. The van der Waals surface area contributed by atoms with Crippen molar-refractivity contribution in [3.63, 3.8) is 0 Å².